The third kappa shape index (κ3) is 4.80. The minimum absolute atomic E-state index is 0.330. The van der Waals surface area contributed by atoms with Crippen LogP contribution in [0.2, 0.25) is 0 Å². The maximum absolute atomic E-state index is 9.16. The van der Waals surface area contributed by atoms with E-state index in [9.17, 15) is 0 Å². The molecule has 0 spiro atoms. The second kappa shape index (κ2) is 7.65. The number of hydrogen-bond donors (Lipinski definition) is 2. The summed E-state index contributed by atoms with van der Waals surface area (Å²) < 4.78 is 5.75. The molecule has 2 rings (SSSR count). The Morgan fingerprint density at radius 3 is 2.90 bits per heavy atom. The highest BCUT2D eigenvalue weighted by molar-refractivity contribution is 5.28. The van der Waals surface area contributed by atoms with Gasteiger partial charge in [-0.25, -0.2) is 0 Å². The lowest BCUT2D eigenvalue weighted by molar-refractivity contribution is 0.227. The third-order valence-electron chi connectivity index (χ3n) is 3.88. The van der Waals surface area contributed by atoms with Gasteiger partial charge in [-0.3, -0.25) is 0 Å². The Balaban J connectivity index is 1.79. The van der Waals surface area contributed by atoms with Gasteiger partial charge in [0.2, 0.25) is 0 Å². The van der Waals surface area contributed by atoms with E-state index in [1.807, 2.05) is 6.07 Å². The van der Waals surface area contributed by atoms with Gasteiger partial charge in [0.15, 0.2) is 0 Å². The first-order chi connectivity index (χ1) is 9.67. The molecule has 1 aliphatic carbocycles. The van der Waals surface area contributed by atoms with E-state index in [0.717, 1.165) is 31.7 Å². The van der Waals surface area contributed by atoms with Crippen LogP contribution in [0.4, 0.5) is 0 Å². The van der Waals surface area contributed by atoms with Crippen LogP contribution in [0.25, 0.3) is 0 Å². The van der Waals surface area contributed by atoms with E-state index in [1.165, 1.54) is 12.0 Å². The van der Waals surface area contributed by atoms with Crippen LogP contribution in [0, 0.1) is 11.8 Å². The van der Waals surface area contributed by atoms with Crippen molar-refractivity contribution in [2.75, 3.05) is 13.2 Å². The number of aliphatic hydroxyl groups excluding tert-OH is 1. The van der Waals surface area contributed by atoms with Crippen molar-refractivity contribution in [3.63, 3.8) is 0 Å². The molecule has 3 nitrogen and oxygen atoms in total. The smallest absolute Gasteiger partial charge is 0.119 e. The molecule has 1 saturated carbocycles. The predicted molar refractivity (Wildman–Crippen MR) is 81.8 cm³/mol. The molecule has 0 aromatic heterocycles. The topological polar surface area (TPSA) is 41.5 Å². The van der Waals surface area contributed by atoms with Crippen LogP contribution < -0.4 is 10.1 Å². The minimum Gasteiger partial charge on any atom is -0.493 e. The van der Waals surface area contributed by atoms with Gasteiger partial charge in [0.1, 0.15) is 5.75 Å². The highest BCUT2D eigenvalue weighted by Crippen LogP contribution is 2.25. The van der Waals surface area contributed by atoms with Crippen LogP contribution >= 0.6 is 0 Å². The zero-order valence-electron chi connectivity index (χ0n) is 12.6. The van der Waals surface area contributed by atoms with Crippen molar-refractivity contribution in [3.05, 3.63) is 29.8 Å². The van der Waals surface area contributed by atoms with Gasteiger partial charge in [-0.15, -0.1) is 0 Å². The summed E-state index contributed by atoms with van der Waals surface area (Å²) in [4.78, 5) is 0. The number of nitrogens with one attached hydrogen (secondary N) is 1. The number of aliphatic hydroxyl groups is 1. The Morgan fingerprint density at radius 2 is 2.20 bits per heavy atom. The van der Waals surface area contributed by atoms with Gasteiger partial charge in [0, 0.05) is 19.2 Å². The van der Waals surface area contributed by atoms with Gasteiger partial charge in [0.25, 0.3) is 0 Å². The molecule has 0 radical (unpaired) electrons. The van der Waals surface area contributed by atoms with Crippen molar-refractivity contribution in [1.82, 2.24) is 5.32 Å². The van der Waals surface area contributed by atoms with E-state index in [-0.39, 0.29) is 0 Å². The molecule has 0 saturated heterocycles. The monoisotopic (exact) mass is 277 g/mol. The first-order valence-corrected chi connectivity index (χ1v) is 7.73. The van der Waals surface area contributed by atoms with Crippen LogP contribution in [0.1, 0.15) is 38.7 Å². The van der Waals surface area contributed by atoms with E-state index in [2.05, 4.69) is 37.4 Å². The first-order valence-electron chi connectivity index (χ1n) is 7.73. The second-order valence-corrected chi connectivity index (χ2v) is 6.29. The van der Waals surface area contributed by atoms with Crippen LogP contribution in [0.3, 0.4) is 0 Å². The Labute approximate surface area is 122 Å². The standard InChI is InChI=1S/C17H27NO2/c1-13(2)12-20-17-5-3-4-14(9-17)10-18-16-7-6-15(8-16)11-19/h3-5,9,13,15-16,18-19H,6-8,10-12H2,1-2H3/t15-,16+/m1/s1. The normalized spacial score (nSPS) is 22.4. The highest BCUT2D eigenvalue weighted by atomic mass is 16.5. The summed E-state index contributed by atoms with van der Waals surface area (Å²) in [6, 6.07) is 8.87. The number of ether oxygens (including phenoxy) is 1. The molecule has 20 heavy (non-hydrogen) atoms. The SMILES string of the molecule is CC(C)COc1cccc(CN[C@H]2CC[C@@H](CO)C2)c1. The molecule has 3 heteroatoms. The maximum Gasteiger partial charge on any atom is 0.119 e. The average Bonchev–Trinajstić information content (AvgIpc) is 2.91. The number of rotatable bonds is 7. The Morgan fingerprint density at radius 1 is 1.35 bits per heavy atom. The molecule has 0 bridgehead atoms. The van der Waals surface area contributed by atoms with Crippen molar-refractivity contribution in [2.24, 2.45) is 11.8 Å². The van der Waals surface area contributed by atoms with Crippen molar-refractivity contribution < 1.29 is 9.84 Å². The molecule has 1 aromatic rings. The van der Waals surface area contributed by atoms with E-state index in [1.54, 1.807) is 0 Å². The molecule has 112 valence electrons. The van der Waals surface area contributed by atoms with Gasteiger partial charge < -0.3 is 15.2 Å². The number of benzene rings is 1. The summed E-state index contributed by atoms with van der Waals surface area (Å²) >= 11 is 0. The largest absolute Gasteiger partial charge is 0.493 e. The molecule has 1 aromatic carbocycles. The van der Waals surface area contributed by atoms with Gasteiger partial charge >= 0.3 is 0 Å². The number of hydrogen-bond acceptors (Lipinski definition) is 3. The fraction of sp³-hybridized carbons (Fsp3) is 0.647. The molecular formula is C17H27NO2. The lowest BCUT2D eigenvalue weighted by Crippen LogP contribution is -2.26. The lowest BCUT2D eigenvalue weighted by atomic mass is 10.1. The minimum atomic E-state index is 0.330. The van der Waals surface area contributed by atoms with Crippen molar-refractivity contribution >= 4 is 0 Å². The molecule has 1 aliphatic rings. The summed E-state index contributed by atoms with van der Waals surface area (Å²) in [5.74, 6) is 2.00. The summed E-state index contributed by atoms with van der Waals surface area (Å²) in [5.41, 5.74) is 1.26. The van der Waals surface area contributed by atoms with Crippen LogP contribution in [0.15, 0.2) is 24.3 Å². The molecule has 0 heterocycles. The predicted octanol–water partition coefficient (Wildman–Crippen LogP) is 2.97. The summed E-state index contributed by atoms with van der Waals surface area (Å²) in [5, 5.41) is 12.8. The quantitative estimate of drug-likeness (QED) is 0.805. The fourth-order valence-corrected chi connectivity index (χ4v) is 2.70. The van der Waals surface area contributed by atoms with Gasteiger partial charge in [-0.05, 0) is 48.8 Å². The average molecular weight is 277 g/mol. The zero-order chi connectivity index (χ0) is 14.4. The maximum atomic E-state index is 9.16. The Kier molecular flexibility index (Phi) is 5.86. The Hall–Kier alpha value is -1.06. The first kappa shape index (κ1) is 15.3. The third-order valence-corrected chi connectivity index (χ3v) is 3.88. The summed E-state index contributed by atoms with van der Waals surface area (Å²) in [7, 11) is 0. The summed E-state index contributed by atoms with van der Waals surface area (Å²) in [6.07, 6.45) is 3.42. The molecule has 0 aliphatic heterocycles. The van der Waals surface area contributed by atoms with Crippen LogP contribution in [-0.4, -0.2) is 24.4 Å². The van der Waals surface area contributed by atoms with E-state index in [4.69, 9.17) is 9.84 Å². The second-order valence-electron chi connectivity index (χ2n) is 6.29. The fourth-order valence-electron chi connectivity index (χ4n) is 2.70. The summed E-state index contributed by atoms with van der Waals surface area (Å²) in [6.45, 7) is 6.28. The van der Waals surface area contributed by atoms with Crippen molar-refractivity contribution in [1.29, 1.82) is 0 Å². The van der Waals surface area contributed by atoms with Crippen LogP contribution in [-0.2, 0) is 6.54 Å². The Bertz CT molecular complexity index is 406. The van der Waals surface area contributed by atoms with Gasteiger partial charge in [-0.1, -0.05) is 26.0 Å². The molecule has 0 unspecified atom stereocenters. The van der Waals surface area contributed by atoms with Crippen molar-refractivity contribution in [3.8, 4) is 5.75 Å². The molecule has 0 amide bonds. The molecular weight excluding hydrogens is 250 g/mol. The van der Waals surface area contributed by atoms with E-state index < -0.39 is 0 Å². The van der Waals surface area contributed by atoms with E-state index in [0.29, 0.717) is 24.5 Å². The van der Waals surface area contributed by atoms with Crippen molar-refractivity contribution in [2.45, 2.75) is 45.7 Å². The lowest BCUT2D eigenvalue weighted by Gasteiger charge is -2.14. The van der Waals surface area contributed by atoms with Gasteiger partial charge in [-0.2, -0.15) is 0 Å². The van der Waals surface area contributed by atoms with Crippen LogP contribution in [0.5, 0.6) is 5.75 Å². The zero-order valence-corrected chi connectivity index (χ0v) is 12.6. The highest BCUT2D eigenvalue weighted by Gasteiger charge is 2.23. The molecule has 1 fully saturated rings. The molecule has 2 N–H and O–H groups in total. The van der Waals surface area contributed by atoms with Gasteiger partial charge in [0.05, 0.1) is 6.61 Å². The van der Waals surface area contributed by atoms with E-state index >= 15 is 0 Å². The molecule has 2 atom stereocenters.